The number of hydrogen-bond acceptors (Lipinski definition) is 7. The molecule has 1 heterocycles. The van der Waals surface area contributed by atoms with Gasteiger partial charge < -0.3 is 19.8 Å². The highest BCUT2D eigenvalue weighted by Crippen LogP contribution is 2.30. The summed E-state index contributed by atoms with van der Waals surface area (Å²) in [5.74, 6) is 1.44. The number of nitrogens with zero attached hydrogens (tertiary/aromatic N) is 1. The van der Waals surface area contributed by atoms with Gasteiger partial charge in [0.05, 0.1) is 30.9 Å². The summed E-state index contributed by atoms with van der Waals surface area (Å²) in [4.78, 5) is 33.1. The summed E-state index contributed by atoms with van der Waals surface area (Å²) >= 11 is 2.78. The van der Waals surface area contributed by atoms with Crippen molar-refractivity contribution in [2.75, 3.05) is 19.5 Å². The number of thioether (sulfide) groups is 2. The van der Waals surface area contributed by atoms with E-state index in [1.165, 1.54) is 24.9 Å². The van der Waals surface area contributed by atoms with Gasteiger partial charge in [-0.2, -0.15) is 0 Å². The van der Waals surface area contributed by atoms with E-state index in [1.54, 1.807) is 44.0 Å². The van der Waals surface area contributed by atoms with Gasteiger partial charge in [0.1, 0.15) is 11.5 Å². The second-order valence-electron chi connectivity index (χ2n) is 6.46. The number of anilines is 1. The van der Waals surface area contributed by atoms with E-state index in [0.717, 1.165) is 4.90 Å². The van der Waals surface area contributed by atoms with Crippen LogP contribution in [0.3, 0.4) is 0 Å². The molecule has 7 nitrogen and oxygen atoms in total. The largest absolute Gasteiger partial charge is 0.497 e. The van der Waals surface area contributed by atoms with Crippen LogP contribution in [0.4, 0.5) is 5.69 Å². The SMILES string of the molecule is COc1ccc(OC)c(NC(=O)C(C)Sc2nc(CSc3ccccc3)cc(=O)[nH]2)c1. The maximum atomic E-state index is 12.7. The molecule has 1 unspecified atom stereocenters. The summed E-state index contributed by atoms with van der Waals surface area (Å²) in [5, 5.41) is 2.74. The molecule has 0 aliphatic carbocycles. The van der Waals surface area contributed by atoms with Crippen LogP contribution < -0.4 is 20.3 Å². The Hall–Kier alpha value is -2.91. The van der Waals surface area contributed by atoms with Gasteiger partial charge in [0.15, 0.2) is 5.16 Å². The zero-order valence-corrected chi connectivity index (χ0v) is 19.0. The number of carbonyl (C=O) groups excluding carboxylic acids is 1. The van der Waals surface area contributed by atoms with Gasteiger partial charge in [0, 0.05) is 22.8 Å². The highest BCUT2D eigenvalue weighted by Gasteiger charge is 2.18. The molecule has 0 spiro atoms. The Bertz CT molecular complexity index is 1090. The number of amides is 1. The molecule has 0 aliphatic heterocycles. The van der Waals surface area contributed by atoms with E-state index in [0.29, 0.717) is 33.8 Å². The number of benzene rings is 2. The van der Waals surface area contributed by atoms with Crippen molar-refractivity contribution < 1.29 is 14.3 Å². The van der Waals surface area contributed by atoms with Gasteiger partial charge in [-0.3, -0.25) is 9.59 Å². The normalized spacial score (nSPS) is 11.6. The van der Waals surface area contributed by atoms with E-state index in [9.17, 15) is 9.59 Å². The van der Waals surface area contributed by atoms with Crippen molar-refractivity contribution >= 4 is 35.1 Å². The Kier molecular flexibility index (Phi) is 8.02. The summed E-state index contributed by atoms with van der Waals surface area (Å²) in [5.41, 5.74) is 0.916. The third kappa shape index (κ3) is 6.53. The predicted molar refractivity (Wildman–Crippen MR) is 124 cm³/mol. The molecule has 2 aromatic carbocycles. The zero-order chi connectivity index (χ0) is 22.2. The molecular formula is C22H23N3O4S2. The van der Waals surface area contributed by atoms with Crippen molar-refractivity contribution in [1.29, 1.82) is 0 Å². The second kappa shape index (κ2) is 10.9. The summed E-state index contributed by atoms with van der Waals surface area (Å²) in [6, 6.07) is 16.5. The first kappa shape index (κ1) is 22.8. The van der Waals surface area contributed by atoms with Crippen LogP contribution >= 0.6 is 23.5 Å². The number of H-pyrrole nitrogens is 1. The third-order valence-corrected chi connectivity index (χ3v) is 6.25. The van der Waals surface area contributed by atoms with Crippen LogP contribution in [0.15, 0.2) is 69.4 Å². The molecule has 0 aliphatic rings. The number of aromatic amines is 1. The first-order valence-corrected chi connectivity index (χ1v) is 11.3. The van der Waals surface area contributed by atoms with Crippen molar-refractivity contribution in [3.05, 3.63) is 70.6 Å². The fourth-order valence-electron chi connectivity index (χ4n) is 2.65. The van der Waals surface area contributed by atoms with Crippen LogP contribution in [-0.2, 0) is 10.5 Å². The molecular weight excluding hydrogens is 434 g/mol. The minimum atomic E-state index is -0.504. The molecule has 0 saturated heterocycles. The van der Waals surface area contributed by atoms with E-state index in [2.05, 4.69) is 15.3 Å². The quantitative estimate of drug-likeness (QED) is 0.367. The Morgan fingerprint density at radius 1 is 1.13 bits per heavy atom. The molecule has 1 atom stereocenters. The van der Waals surface area contributed by atoms with E-state index < -0.39 is 5.25 Å². The van der Waals surface area contributed by atoms with Crippen LogP contribution in [0.5, 0.6) is 11.5 Å². The first-order valence-electron chi connectivity index (χ1n) is 9.46. The van der Waals surface area contributed by atoms with Gasteiger partial charge in [0.2, 0.25) is 5.91 Å². The lowest BCUT2D eigenvalue weighted by atomic mass is 10.2. The monoisotopic (exact) mass is 457 g/mol. The molecule has 0 saturated carbocycles. The van der Waals surface area contributed by atoms with Gasteiger partial charge in [-0.25, -0.2) is 4.98 Å². The standard InChI is InChI=1S/C22H23N3O4S2/c1-14(21(27)24-18-12-16(28-2)9-10-19(18)29-3)31-22-23-15(11-20(26)25-22)13-30-17-7-5-4-6-8-17/h4-12,14H,13H2,1-3H3,(H,24,27)(H,23,25,26). The molecule has 0 bridgehead atoms. The summed E-state index contributed by atoms with van der Waals surface area (Å²) in [7, 11) is 3.08. The van der Waals surface area contributed by atoms with Gasteiger partial charge in [0.25, 0.3) is 5.56 Å². The number of rotatable bonds is 9. The number of nitrogens with one attached hydrogen (secondary N) is 2. The van der Waals surface area contributed by atoms with E-state index in [4.69, 9.17) is 9.47 Å². The number of hydrogen-bond donors (Lipinski definition) is 2. The van der Waals surface area contributed by atoms with Gasteiger partial charge in [-0.15, -0.1) is 11.8 Å². The second-order valence-corrected chi connectivity index (χ2v) is 8.84. The molecule has 3 aromatic rings. The van der Waals surface area contributed by atoms with E-state index in [-0.39, 0.29) is 11.5 Å². The van der Waals surface area contributed by atoms with Gasteiger partial charge in [-0.1, -0.05) is 30.0 Å². The average Bonchev–Trinajstić information content (AvgIpc) is 2.78. The van der Waals surface area contributed by atoms with Crippen molar-refractivity contribution in [1.82, 2.24) is 9.97 Å². The van der Waals surface area contributed by atoms with E-state index >= 15 is 0 Å². The van der Waals surface area contributed by atoms with Crippen LogP contribution in [0.2, 0.25) is 0 Å². The van der Waals surface area contributed by atoms with Crippen LogP contribution in [-0.4, -0.2) is 35.3 Å². The molecule has 0 fully saturated rings. The maximum absolute atomic E-state index is 12.7. The van der Waals surface area contributed by atoms with Gasteiger partial charge >= 0.3 is 0 Å². The van der Waals surface area contributed by atoms with Crippen LogP contribution in [0.1, 0.15) is 12.6 Å². The molecule has 1 amide bonds. The average molecular weight is 458 g/mol. The molecule has 3 rings (SSSR count). The zero-order valence-electron chi connectivity index (χ0n) is 17.4. The number of ether oxygens (including phenoxy) is 2. The first-order chi connectivity index (χ1) is 15.0. The number of methoxy groups -OCH3 is 2. The molecule has 9 heteroatoms. The summed E-state index contributed by atoms with van der Waals surface area (Å²) < 4.78 is 10.5. The topological polar surface area (TPSA) is 93.3 Å². The summed E-state index contributed by atoms with van der Waals surface area (Å²) in [6.45, 7) is 1.75. The lowest BCUT2D eigenvalue weighted by molar-refractivity contribution is -0.115. The lowest BCUT2D eigenvalue weighted by Crippen LogP contribution is -2.23. The molecule has 0 radical (unpaired) electrons. The Morgan fingerprint density at radius 3 is 2.61 bits per heavy atom. The fourth-order valence-corrected chi connectivity index (χ4v) is 4.30. The van der Waals surface area contributed by atoms with Crippen LogP contribution in [0.25, 0.3) is 0 Å². The minimum Gasteiger partial charge on any atom is -0.497 e. The molecule has 1 aromatic heterocycles. The lowest BCUT2D eigenvalue weighted by Gasteiger charge is -2.15. The minimum absolute atomic E-state index is 0.247. The molecule has 31 heavy (non-hydrogen) atoms. The van der Waals surface area contributed by atoms with E-state index in [1.807, 2.05) is 30.3 Å². The van der Waals surface area contributed by atoms with Crippen molar-refractivity contribution in [3.8, 4) is 11.5 Å². The van der Waals surface area contributed by atoms with Gasteiger partial charge in [-0.05, 0) is 31.2 Å². The number of aromatic nitrogens is 2. The van der Waals surface area contributed by atoms with Crippen molar-refractivity contribution in [2.24, 2.45) is 0 Å². The van der Waals surface area contributed by atoms with Crippen LogP contribution in [0, 0.1) is 0 Å². The Morgan fingerprint density at radius 2 is 1.90 bits per heavy atom. The predicted octanol–water partition coefficient (Wildman–Crippen LogP) is 4.20. The highest BCUT2D eigenvalue weighted by atomic mass is 32.2. The molecule has 2 N–H and O–H groups in total. The van der Waals surface area contributed by atoms with Crippen molar-refractivity contribution in [2.45, 2.75) is 28.0 Å². The number of carbonyl (C=O) groups is 1. The Labute approximate surface area is 189 Å². The summed E-state index contributed by atoms with van der Waals surface area (Å²) in [6.07, 6.45) is 0. The highest BCUT2D eigenvalue weighted by molar-refractivity contribution is 8.00. The maximum Gasteiger partial charge on any atom is 0.251 e. The van der Waals surface area contributed by atoms with Crippen molar-refractivity contribution in [3.63, 3.8) is 0 Å². The fraction of sp³-hybridized carbons (Fsp3) is 0.227. The molecule has 162 valence electrons. The Balaban J connectivity index is 1.67. The smallest absolute Gasteiger partial charge is 0.251 e. The third-order valence-electron chi connectivity index (χ3n) is 4.23.